The van der Waals surface area contributed by atoms with Crippen LogP contribution in [0.4, 0.5) is 10.1 Å². The summed E-state index contributed by atoms with van der Waals surface area (Å²) in [5, 5.41) is 0. The van der Waals surface area contributed by atoms with Crippen LogP contribution in [0.3, 0.4) is 0 Å². The zero-order valence-corrected chi connectivity index (χ0v) is 9.17. The SMILES string of the molecule is C[C@H]1CCCC[C@@H]1c1cccc(F)c1N. The van der Waals surface area contributed by atoms with E-state index in [9.17, 15) is 4.39 Å². The second-order valence-electron chi connectivity index (χ2n) is 4.61. The molecular formula is C13H18FN. The molecule has 1 aromatic carbocycles. The predicted molar refractivity (Wildman–Crippen MR) is 61.2 cm³/mol. The summed E-state index contributed by atoms with van der Waals surface area (Å²) < 4.78 is 13.3. The van der Waals surface area contributed by atoms with E-state index in [2.05, 4.69) is 6.92 Å². The third-order valence-electron chi connectivity index (χ3n) is 3.60. The van der Waals surface area contributed by atoms with Gasteiger partial charge in [-0.1, -0.05) is 38.3 Å². The molecular weight excluding hydrogens is 189 g/mol. The number of rotatable bonds is 1. The minimum atomic E-state index is -0.273. The maximum atomic E-state index is 13.3. The van der Waals surface area contributed by atoms with Crippen LogP contribution in [0.15, 0.2) is 18.2 Å². The number of halogens is 1. The van der Waals surface area contributed by atoms with E-state index in [0.29, 0.717) is 17.5 Å². The van der Waals surface area contributed by atoms with Crippen molar-refractivity contribution in [1.82, 2.24) is 0 Å². The molecule has 0 radical (unpaired) electrons. The first-order chi connectivity index (χ1) is 7.20. The van der Waals surface area contributed by atoms with E-state index in [1.165, 1.54) is 25.3 Å². The number of hydrogen-bond acceptors (Lipinski definition) is 1. The van der Waals surface area contributed by atoms with Crippen LogP contribution in [0.5, 0.6) is 0 Å². The van der Waals surface area contributed by atoms with E-state index >= 15 is 0 Å². The molecule has 2 N–H and O–H groups in total. The first kappa shape index (κ1) is 10.5. The summed E-state index contributed by atoms with van der Waals surface area (Å²) in [6.45, 7) is 2.24. The van der Waals surface area contributed by atoms with Gasteiger partial charge in [0.25, 0.3) is 0 Å². The molecule has 0 heterocycles. The van der Waals surface area contributed by atoms with Crippen molar-refractivity contribution in [3.8, 4) is 0 Å². The molecule has 2 atom stereocenters. The maximum Gasteiger partial charge on any atom is 0.146 e. The molecule has 1 saturated carbocycles. The molecule has 0 unspecified atom stereocenters. The molecule has 82 valence electrons. The van der Waals surface area contributed by atoms with E-state index < -0.39 is 0 Å². The van der Waals surface area contributed by atoms with Gasteiger partial charge in [-0.05, 0) is 29.9 Å². The van der Waals surface area contributed by atoms with Gasteiger partial charge < -0.3 is 5.73 Å². The van der Waals surface area contributed by atoms with Crippen molar-refractivity contribution >= 4 is 5.69 Å². The van der Waals surface area contributed by atoms with E-state index in [0.717, 1.165) is 12.0 Å². The van der Waals surface area contributed by atoms with Crippen LogP contribution in [0, 0.1) is 11.7 Å². The van der Waals surface area contributed by atoms with E-state index in [1.807, 2.05) is 6.07 Å². The molecule has 0 saturated heterocycles. The van der Waals surface area contributed by atoms with Crippen LogP contribution < -0.4 is 5.73 Å². The van der Waals surface area contributed by atoms with Crippen molar-refractivity contribution < 1.29 is 4.39 Å². The van der Waals surface area contributed by atoms with Gasteiger partial charge in [-0.15, -0.1) is 0 Å². The van der Waals surface area contributed by atoms with Crippen molar-refractivity contribution in [3.05, 3.63) is 29.6 Å². The number of hydrogen-bond donors (Lipinski definition) is 1. The summed E-state index contributed by atoms with van der Waals surface area (Å²) in [6.07, 6.45) is 4.92. The van der Waals surface area contributed by atoms with Gasteiger partial charge in [0, 0.05) is 0 Å². The highest BCUT2D eigenvalue weighted by Crippen LogP contribution is 2.40. The van der Waals surface area contributed by atoms with Crippen LogP contribution in [-0.2, 0) is 0 Å². The smallest absolute Gasteiger partial charge is 0.146 e. The number of para-hydroxylation sites is 1. The lowest BCUT2D eigenvalue weighted by molar-refractivity contribution is 0.331. The zero-order chi connectivity index (χ0) is 10.8. The molecule has 0 amide bonds. The van der Waals surface area contributed by atoms with Gasteiger partial charge >= 0.3 is 0 Å². The summed E-state index contributed by atoms with van der Waals surface area (Å²) in [6, 6.07) is 5.18. The largest absolute Gasteiger partial charge is 0.396 e. The molecule has 2 rings (SSSR count). The summed E-state index contributed by atoms with van der Waals surface area (Å²) in [5.74, 6) is 0.808. The molecule has 0 aromatic heterocycles. The number of nitrogen functional groups attached to an aromatic ring is 1. The molecule has 0 spiro atoms. The fourth-order valence-electron chi connectivity index (χ4n) is 2.66. The highest BCUT2D eigenvalue weighted by Gasteiger charge is 2.25. The van der Waals surface area contributed by atoms with Crippen molar-refractivity contribution in [2.75, 3.05) is 5.73 Å². The van der Waals surface area contributed by atoms with Gasteiger partial charge in [0.1, 0.15) is 5.82 Å². The maximum absolute atomic E-state index is 13.3. The second kappa shape index (κ2) is 4.21. The first-order valence-corrected chi connectivity index (χ1v) is 5.74. The Bertz CT molecular complexity index is 348. The topological polar surface area (TPSA) is 26.0 Å². The Morgan fingerprint density at radius 2 is 2.00 bits per heavy atom. The van der Waals surface area contributed by atoms with E-state index in [4.69, 9.17) is 5.73 Å². The molecule has 0 aliphatic heterocycles. The number of anilines is 1. The summed E-state index contributed by atoms with van der Waals surface area (Å²) >= 11 is 0. The molecule has 1 nitrogen and oxygen atoms in total. The third-order valence-corrected chi connectivity index (χ3v) is 3.60. The highest BCUT2D eigenvalue weighted by molar-refractivity contribution is 5.50. The Morgan fingerprint density at radius 3 is 2.73 bits per heavy atom. The van der Waals surface area contributed by atoms with Gasteiger partial charge in [0.2, 0.25) is 0 Å². The van der Waals surface area contributed by atoms with Gasteiger partial charge in [-0.3, -0.25) is 0 Å². The average Bonchev–Trinajstić information content (AvgIpc) is 2.23. The summed E-state index contributed by atoms with van der Waals surface area (Å²) in [4.78, 5) is 0. The van der Waals surface area contributed by atoms with Crippen LogP contribution in [0.2, 0.25) is 0 Å². The predicted octanol–water partition coefficient (Wildman–Crippen LogP) is 3.70. The van der Waals surface area contributed by atoms with Crippen molar-refractivity contribution in [1.29, 1.82) is 0 Å². The van der Waals surface area contributed by atoms with Gasteiger partial charge in [0.15, 0.2) is 0 Å². The second-order valence-corrected chi connectivity index (χ2v) is 4.61. The van der Waals surface area contributed by atoms with Crippen molar-refractivity contribution in [2.45, 2.75) is 38.5 Å². The Labute approximate surface area is 90.5 Å². The third kappa shape index (κ3) is 1.99. The molecule has 1 aliphatic carbocycles. The van der Waals surface area contributed by atoms with Crippen LogP contribution >= 0.6 is 0 Å². The molecule has 0 bridgehead atoms. The number of benzene rings is 1. The Morgan fingerprint density at radius 1 is 1.27 bits per heavy atom. The van der Waals surface area contributed by atoms with E-state index in [-0.39, 0.29) is 5.82 Å². The lowest BCUT2D eigenvalue weighted by Crippen LogP contribution is -2.16. The van der Waals surface area contributed by atoms with Crippen molar-refractivity contribution in [2.24, 2.45) is 5.92 Å². The van der Waals surface area contributed by atoms with Crippen molar-refractivity contribution in [3.63, 3.8) is 0 Å². The van der Waals surface area contributed by atoms with Crippen LogP contribution in [-0.4, -0.2) is 0 Å². The molecule has 1 fully saturated rings. The highest BCUT2D eigenvalue weighted by atomic mass is 19.1. The average molecular weight is 207 g/mol. The van der Waals surface area contributed by atoms with Gasteiger partial charge in [-0.2, -0.15) is 0 Å². The molecule has 15 heavy (non-hydrogen) atoms. The lowest BCUT2D eigenvalue weighted by Gasteiger charge is -2.30. The monoisotopic (exact) mass is 207 g/mol. The fraction of sp³-hybridized carbons (Fsp3) is 0.538. The molecule has 1 aliphatic rings. The first-order valence-electron chi connectivity index (χ1n) is 5.74. The molecule has 1 aromatic rings. The minimum Gasteiger partial charge on any atom is -0.396 e. The minimum absolute atomic E-state index is 0.273. The lowest BCUT2D eigenvalue weighted by atomic mass is 9.76. The Hall–Kier alpha value is -1.05. The standard InChI is InChI=1S/C13H18FN/c1-9-5-2-3-6-10(9)11-7-4-8-12(14)13(11)15/h4,7-10H,2-3,5-6,15H2,1H3/t9-,10-/m0/s1. The summed E-state index contributed by atoms with van der Waals surface area (Å²) in [5.41, 5.74) is 7.17. The van der Waals surface area contributed by atoms with Crippen LogP contribution in [0.25, 0.3) is 0 Å². The van der Waals surface area contributed by atoms with Gasteiger partial charge in [0.05, 0.1) is 5.69 Å². The zero-order valence-electron chi connectivity index (χ0n) is 9.17. The van der Waals surface area contributed by atoms with E-state index in [1.54, 1.807) is 6.07 Å². The Kier molecular flexibility index (Phi) is 2.94. The normalized spacial score (nSPS) is 26.5. The van der Waals surface area contributed by atoms with Gasteiger partial charge in [-0.25, -0.2) is 4.39 Å². The Balaban J connectivity index is 2.31. The fourth-order valence-corrected chi connectivity index (χ4v) is 2.66. The van der Waals surface area contributed by atoms with Crippen LogP contribution in [0.1, 0.15) is 44.1 Å². The number of nitrogens with two attached hydrogens (primary N) is 1. The molecule has 2 heteroatoms. The quantitative estimate of drug-likeness (QED) is 0.698. The summed E-state index contributed by atoms with van der Waals surface area (Å²) in [7, 11) is 0.